The first-order chi connectivity index (χ1) is 12.6. The predicted molar refractivity (Wildman–Crippen MR) is 105 cm³/mol. The fraction of sp³-hybridized carbons (Fsp3) is 0.190. The van der Waals surface area contributed by atoms with Crippen LogP contribution in [0.3, 0.4) is 0 Å². The Balaban J connectivity index is 1.98. The number of carbonyl (C=O) groups excluding carboxylic acids is 2. The Hall–Kier alpha value is -3.41. The Labute approximate surface area is 157 Å². The van der Waals surface area contributed by atoms with Crippen molar-refractivity contribution in [2.24, 2.45) is 0 Å². The second kappa shape index (κ2) is 8.31. The maximum Gasteiger partial charge on any atom is 0.328 e. The van der Waals surface area contributed by atoms with E-state index in [1.165, 1.54) is 0 Å². The van der Waals surface area contributed by atoms with E-state index in [1.54, 1.807) is 36.4 Å². The maximum absolute atomic E-state index is 12.3. The Morgan fingerprint density at radius 3 is 1.81 bits per heavy atom. The Morgan fingerprint density at radius 2 is 1.33 bits per heavy atom. The van der Waals surface area contributed by atoms with E-state index in [2.05, 4.69) is 31.4 Å². The number of rotatable bonds is 5. The lowest BCUT2D eigenvalue weighted by Gasteiger charge is -2.19. The summed E-state index contributed by atoms with van der Waals surface area (Å²) < 4.78 is 0. The molecule has 0 atom stereocenters. The summed E-state index contributed by atoms with van der Waals surface area (Å²) in [6, 6.07) is 14.0. The van der Waals surface area contributed by atoms with Gasteiger partial charge in [-0.15, -0.1) is 0 Å². The van der Waals surface area contributed by atoms with E-state index in [0.29, 0.717) is 16.9 Å². The fourth-order valence-corrected chi connectivity index (χ4v) is 2.29. The molecule has 140 valence electrons. The van der Waals surface area contributed by atoms with E-state index in [0.717, 1.165) is 17.7 Å². The second-order valence-corrected chi connectivity index (χ2v) is 7.02. The topological polar surface area (TPSA) is 95.5 Å². The van der Waals surface area contributed by atoms with E-state index >= 15 is 0 Å². The largest absolute Gasteiger partial charge is 0.478 e. The van der Waals surface area contributed by atoms with Gasteiger partial charge in [0.1, 0.15) is 0 Å². The normalized spacial score (nSPS) is 11.2. The van der Waals surface area contributed by atoms with Crippen molar-refractivity contribution in [3.8, 4) is 0 Å². The number of anilines is 2. The molecule has 0 bridgehead atoms. The van der Waals surface area contributed by atoms with Crippen LogP contribution < -0.4 is 10.6 Å². The van der Waals surface area contributed by atoms with Crippen LogP contribution in [0.2, 0.25) is 0 Å². The predicted octanol–water partition coefficient (Wildman–Crippen LogP) is 3.82. The van der Waals surface area contributed by atoms with Crippen molar-refractivity contribution >= 4 is 29.2 Å². The first-order valence-corrected chi connectivity index (χ1v) is 8.39. The quantitative estimate of drug-likeness (QED) is 0.701. The van der Waals surface area contributed by atoms with Crippen molar-refractivity contribution in [1.29, 1.82) is 0 Å². The monoisotopic (exact) mass is 366 g/mol. The Kier molecular flexibility index (Phi) is 6.13. The summed E-state index contributed by atoms with van der Waals surface area (Å²) in [6.45, 7) is 6.33. The number of amides is 2. The lowest BCUT2D eigenvalue weighted by atomic mass is 9.87. The van der Waals surface area contributed by atoms with Crippen molar-refractivity contribution in [3.63, 3.8) is 0 Å². The van der Waals surface area contributed by atoms with Gasteiger partial charge in [0.05, 0.1) is 0 Å². The zero-order valence-corrected chi connectivity index (χ0v) is 15.4. The summed E-state index contributed by atoms with van der Waals surface area (Å²) in [6.07, 6.45) is 1.69. The molecule has 0 aliphatic rings. The summed E-state index contributed by atoms with van der Waals surface area (Å²) in [5.41, 5.74) is 2.80. The van der Waals surface area contributed by atoms with Gasteiger partial charge < -0.3 is 15.7 Å². The minimum atomic E-state index is -1.20. The SMILES string of the molecule is CC(C)(C)c1ccc(C(=O)Nc2ccc(NC(=O)/C=C/C(=O)O)cc2)cc1. The van der Waals surface area contributed by atoms with E-state index in [1.807, 2.05) is 12.1 Å². The van der Waals surface area contributed by atoms with E-state index in [9.17, 15) is 14.4 Å². The number of hydrogen-bond donors (Lipinski definition) is 3. The van der Waals surface area contributed by atoms with Crippen LogP contribution in [0.25, 0.3) is 0 Å². The van der Waals surface area contributed by atoms with Gasteiger partial charge in [-0.3, -0.25) is 9.59 Å². The minimum absolute atomic E-state index is 0.0227. The van der Waals surface area contributed by atoms with Crippen LogP contribution in [0, 0.1) is 0 Å². The number of benzene rings is 2. The molecule has 2 aromatic carbocycles. The fourth-order valence-electron chi connectivity index (χ4n) is 2.29. The Morgan fingerprint density at radius 1 is 0.815 bits per heavy atom. The van der Waals surface area contributed by atoms with Gasteiger partial charge in [-0.05, 0) is 47.4 Å². The molecule has 2 aromatic rings. The molecular weight excluding hydrogens is 344 g/mol. The molecule has 0 saturated carbocycles. The third-order valence-electron chi connectivity index (χ3n) is 3.80. The summed E-state index contributed by atoms with van der Waals surface area (Å²) in [4.78, 5) is 34.3. The summed E-state index contributed by atoms with van der Waals surface area (Å²) in [5, 5.41) is 13.8. The zero-order chi connectivity index (χ0) is 20.0. The first-order valence-electron chi connectivity index (χ1n) is 8.39. The van der Waals surface area contributed by atoms with Gasteiger partial charge in [0.25, 0.3) is 5.91 Å². The molecule has 27 heavy (non-hydrogen) atoms. The van der Waals surface area contributed by atoms with E-state index in [4.69, 9.17) is 5.11 Å². The number of hydrogen-bond acceptors (Lipinski definition) is 3. The highest BCUT2D eigenvalue weighted by atomic mass is 16.4. The molecule has 6 heteroatoms. The molecule has 0 aliphatic heterocycles. The number of carbonyl (C=O) groups is 3. The van der Waals surface area contributed by atoms with Crippen molar-refractivity contribution in [1.82, 2.24) is 0 Å². The molecule has 6 nitrogen and oxygen atoms in total. The highest BCUT2D eigenvalue weighted by Gasteiger charge is 2.14. The van der Waals surface area contributed by atoms with Gasteiger partial charge in [-0.1, -0.05) is 32.9 Å². The lowest BCUT2D eigenvalue weighted by molar-refractivity contribution is -0.131. The van der Waals surface area contributed by atoms with Crippen LogP contribution in [0.4, 0.5) is 11.4 Å². The summed E-state index contributed by atoms with van der Waals surface area (Å²) >= 11 is 0. The maximum atomic E-state index is 12.3. The summed E-state index contributed by atoms with van der Waals surface area (Å²) in [5.74, 6) is -1.97. The van der Waals surface area contributed by atoms with Crippen LogP contribution in [0.5, 0.6) is 0 Å². The van der Waals surface area contributed by atoms with Crippen LogP contribution >= 0.6 is 0 Å². The smallest absolute Gasteiger partial charge is 0.328 e. The number of carboxylic acids is 1. The number of nitrogens with one attached hydrogen (secondary N) is 2. The van der Waals surface area contributed by atoms with Gasteiger partial charge in [-0.25, -0.2) is 4.79 Å². The minimum Gasteiger partial charge on any atom is -0.478 e. The van der Waals surface area contributed by atoms with Gasteiger partial charge in [0.15, 0.2) is 0 Å². The van der Waals surface area contributed by atoms with Crippen LogP contribution in [0.15, 0.2) is 60.7 Å². The molecule has 0 aliphatic carbocycles. The van der Waals surface area contributed by atoms with Crippen molar-refractivity contribution in [2.75, 3.05) is 10.6 Å². The molecule has 0 heterocycles. The average Bonchev–Trinajstić information content (AvgIpc) is 2.61. The highest BCUT2D eigenvalue weighted by molar-refractivity contribution is 6.05. The molecule has 0 saturated heterocycles. The van der Waals surface area contributed by atoms with Crippen LogP contribution in [-0.2, 0) is 15.0 Å². The van der Waals surface area contributed by atoms with Gasteiger partial charge in [-0.2, -0.15) is 0 Å². The van der Waals surface area contributed by atoms with Crippen LogP contribution in [-0.4, -0.2) is 22.9 Å². The third kappa shape index (κ3) is 6.11. The zero-order valence-electron chi connectivity index (χ0n) is 15.4. The van der Waals surface area contributed by atoms with Gasteiger partial charge in [0.2, 0.25) is 5.91 Å². The van der Waals surface area contributed by atoms with Crippen molar-refractivity contribution in [2.45, 2.75) is 26.2 Å². The molecule has 0 radical (unpaired) electrons. The van der Waals surface area contributed by atoms with Crippen molar-refractivity contribution in [3.05, 3.63) is 71.8 Å². The number of aliphatic carboxylic acids is 1. The summed E-state index contributed by atoms with van der Waals surface area (Å²) in [7, 11) is 0. The van der Waals surface area contributed by atoms with Gasteiger partial charge in [0, 0.05) is 29.1 Å². The molecule has 0 unspecified atom stereocenters. The Bertz CT molecular complexity index is 861. The highest BCUT2D eigenvalue weighted by Crippen LogP contribution is 2.22. The molecule has 2 amide bonds. The lowest BCUT2D eigenvalue weighted by Crippen LogP contribution is -2.14. The molecular formula is C21H22N2O4. The standard InChI is InChI=1S/C21H22N2O4/c1-21(2,3)15-6-4-14(5-7-15)20(27)23-17-10-8-16(9-11-17)22-18(24)12-13-19(25)26/h4-13H,1-3H3,(H,22,24)(H,23,27)(H,25,26)/b13-12+. The molecule has 0 fully saturated rings. The molecule has 3 N–H and O–H groups in total. The second-order valence-electron chi connectivity index (χ2n) is 7.02. The van der Waals surface area contributed by atoms with E-state index < -0.39 is 11.9 Å². The van der Waals surface area contributed by atoms with E-state index in [-0.39, 0.29) is 11.3 Å². The molecule has 2 rings (SSSR count). The van der Waals surface area contributed by atoms with Crippen LogP contribution in [0.1, 0.15) is 36.7 Å². The number of carboxylic acid groups (broad SMARTS) is 1. The molecule has 0 aromatic heterocycles. The van der Waals surface area contributed by atoms with Gasteiger partial charge >= 0.3 is 5.97 Å². The average molecular weight is 366 g/mol. The first kappa shape index (κ1) is 19.9. The molecule has 0 spiro atoms. The third-order valence-corrected chi connectivity index (χ3v) is 3.80. The van der Waals surface area contributed by atoms with Crippen molar-refractivity contribution < 1.29 is 19.5 Å².